The van der Waals surface area contributed by atoms with Crippen LogP contribution in [0.3, 0.4) is 0 Å². The van der Waals surface area contributed by atoms with Gasteiger partial charge in [0.15, 0.2) is 0 Å². The number of aliphatic hydroxyl groups excluding tert-OH is 2. The number of anilines is 1. The minimum absolute atomic E-state index is 0.0525. The first-order valence-electron chi connectivity index (χ1n) is 9.57. The Morgan fingerprint density at radius 1 is 0.724 bits per heavy atom. The number of nitrogens with zero attached hydrogens (tertiary/aromatic N) is 3. The molecule has 1 aromatic heterocycles. The van der Waals surface area contributed by atoms with E-state index >= 15 is 0 Å². The molecular weight excluding hydrogens is 362 g/mol. The lowest BCUT2D eigenvalue weighted by Gasteiger charge is -2.22. The molecule has 0 radical (unpaired) electrons. The van der Waals surface area contributed by atoms with Gasteiger partial charge in [0, 0.05) is 37.4 Å². The maximum absolute atomic E-state index is 9.15. The van der Waals surface area contributed by atoms with E-state index in [2.05, 4.69) is 22.1 Å². The van der Waals surface area contributed by atoms with E-state index in [1.165, 1.54) is 0 Å². The second-order valence-corrected chi connectivity index (χ2v) is 6.49. The van der Waals surface area contributed by atoms with Gasteiger partial charge in [-0.1, -0.05) is 36.4 Å². The van der Waals surface area contributed by atoms with Gasteiger partial charge in [-0.15, -0.1) is 0 Å². The van der Waals surface area contributed by atoms with Crippen molar-refractivity contribution in [3.63, 3.8) is 0 Å². The molecule has 3 aromatic rings. The van der Waals surface area contributed by atoms with Crippen molar-refractivity contribution in [2.45, 2.75) is 0 Å². The van der Waals surface area contributed by atoms with Gasteiger partial charge in [0.05, 0.1) is 18.9 Å². The van der Waals surface area contributed by atoms with Crippen molar-refractivity contribution in [3.8, 4) is 0 Å². The van der Waals surface area contributed by atoms with Crippen molar-refractivity contribution in [2.24, 2.45) is 4.99 Å². The molecule has 5 heteroatoms. The van der Waals surface area contributed by atoms with Crippen LogP contribution in [0.2, 0.25) is 0 Å². The summed E-state index contributed by atoms with van der Waals surface area (Å²) in [4.78, 5) is 10.5. The Kier molecular flexibility index (Phi) is 7.69. The van der Waals surface area contributed by atoms with E-state index < -0.39 is 0 Å². The molecule has 148 valence electrons. The first kappa shape index (κ1) is 20.5. The molecule has 2 aromatic carbocycles. The summed E-state index contributed by atoms with van der Waals surface area (Å²) in [5.74, 6) is 0. The predicted octanol–water partition coefficient (Wildman–Crippen LogP) is 3.79. The zero-order valence-electron chi connectivity index (χ0n) is 16.2. The molecule has 2 N–H and O–H groups in total. The second-order valence-electron chi connectivity index (χ2n) is 6.49. The predicted molar refractivity (Wildman–Crippen MR) is 120 cm³/mol. The molecule has 0 saturated carbocycles. The molecule has 0 spiro atoms. The van der Waals surface area contributed by atoms with E-state index in [9.17, 15) is 0 Å². The van der Waals surface area contributed by atoms with Crippen molar-refractivity contribution in [2.75, 3.05) is 31.2 Å². The lowest BCUT2D eigenvalue weighted by Crippen LogP contribution is -2.29. The van der Waals surface area contributed by atoms with Crippen LogP contribution < -0.4 is 4.90 Å². The Hall–Kier alpha value is -3.28. The van der Waals surface area contributed by atoms with Gasteiger partial charge >= 0.3 is 0 Å². The van der Waals surface area contributed by atoms with Gasteiger partial charge in [-0.05, 0) is 53.1 Å². The maximum atomic E-state index is 9.15. The molecule has 29 heavy (non-hydrogen) atoms. The van der Waals surface area contributed by atoms with E-state index in [0.717, 1.165) is 28.1 Å². The summed E-state index contributed by atoms with van der Waals surface area (Å²) < 4.78 is 0. The third-order valence-electron chi connectivity index (χ3n) is 4.43. The van der Waals surface area contributed by atoms with Gasteiger partial charge < -0.3 is 15.1 Å². The molecular formula is C24H25N3O2. The molecule has 0 unspecified atom stereocenters. The Balaban J connectivity index is 1.61. The van der Waals surface area contributed by atoms with Crippen molar-refractivity contribution in [1.82, 2.24) is 4.98 Å². The highest BCUT2D eigenvalue weighted by molar-refractivity contribution is 5.82. The Bertz CT molecular complexity index is 915. The quantitative estimate of drug-likeness (QED) is 0.548. The molecule has 0 saturated heterocycles. The third-order valence-corrected chi connectivity index (χ3v) is 4.43. The Labute approximate surface area is 171 Å². The second kappa shape index (κ2) is 10.9. The maximum Gasteiger partial charge on any atom is 0.0630 e. The molecule has 0 amide bonds. The van der Waals surface area contributed by atoms with Crippen LogP contribution in [-0.4, -0.2) is 47.7 Å². The summed E-state index contributed by atoms with van der Waals surface area (Å²) in [6.07, 6.45) is 9.50. The molecule has 0 fully saturated rings. The topological polar surface area (TPSA) is 69.0 Å². The van der Waals surface area contributed by atoms with Crippen LogP contribution in [0.15, 0.2) is 78.0 Å². The number of aromatic nitrogens is 1. The Morgan fingerprint density at radius 3 is 1.86 bits per heavy atom. The standard InChI is InChI=1S/C24H25N3O2/c28-17-15-27(16-18-29)24-9-5-22(6-10-24)19-26-23-7-3-20(4-8-23)1-2-21-11-13-25-14-12-21/h1-14,19,28-29H,15-18H2/b2-1+,26-19?. The number of aliphatic hydroxyl groups is 2. The van der Waals surface area contributed by atoms with Crippen molar-refractivity contribution in [3.05, 3.63) is 89.7 Å². The van der Waals surface area contributed by atoms with Gasteiger partial charge in [0.25, 0.3) is 0 Å². The average Bonchev–Trinajstić information content (AvgIpc) is 2.78. The van der Waals surface area contributed by atoms with Gasteiger partial charge in [-0.2, -0.15) is 0 Å². The van der Waals surface area contributed by atoms with Gasteiger partial charge in [-0.25, -0.2) is 0 Å². The van der Waals surface area contributed by atoms with Gasteiger partial charge in [-0.3, -0.25) is 9.98 Å². The molecule has 0 aliphatic carbocycles. The first-order valence-corrected chi connectivity index (χ1v) is 9.57. The van der Waals surface area contributed by atoms with E-state index in [0.29, 0.717) is 13.1 Å². The number of pyridine rings is 1. The fourth-order valence-corrected chi connectivity index (χ4v) is 2.87. The van der Waals surface area contributed by atoms with Crippen LogP contribution >= 0.6 is 0 Å². The van der Waals surface area contributed by atoms with Crippen LogP contribution in [0.4, 0.5) is 11.4 Å². The normalized spacial score (nSPS) is 11.4. The van der Waals surface area contributed by atoms with Crippen LogP contribution in [0, 0.1) is 0 Å². The fraction of sp³-hybridized carbons (Fsp3) is 0.167. The molecule has 0 bridgehead atoms. The lowest BCUT2D eigenvalue weighted by molar-refractivity contribution is 0.281. The minimum Gasteiger partial charge on any atom is -0.395 e. The van der Waals surface area contributed by atoms with Crippen molar-refractivity contribution < 1.29 is 10.2 Å². The first-order chi connectivity index (χ1) is 14.3. The smallest absolute Gasteiger partial charge is 0.0630 e. The summed E-state index contributed by atoms with van der Waals surface area (Å²) in [5, 5.41) is 18.3. The highest BCUT2D eigenvalue weighted by atomic mass is 16.3. The summed E-state index contributed by atoms with van der Waals surface area (Å²) in [6, 6.07) is 19.9. The fourth-order valence-electron chi connectivity index (χ4n) is 2.87. The largest absolute Gasteiger partial charge is 0.395 e. The highest BCUT2D eigenvalue weighted by Gasteiger charge is 2.04. The minimum atomic E-state index is 0.0525. The summed E-state index contributed by atoms with van der Waals surface area (Å²) in [6.45, 7) is 1.10. The highest BCUT2D eigenvalue weighted by Crippen LogP contribution is 2.17. The van der Waals surface area contributed by atoms with Crippen molar-refractivity contribution in [1.29, 1.82) is 0 Å². The number of hydrogen-bond acceptors (Lipinski definition) is 5. The molecule has 5 nitrogen and oxygen atoms in total. The monoisotopic (exact) mass is 387 g/mol. The zero-order chi connectivity index (χ0) is 20.3. The lowest BCUT2D eigenvalue weighted by atomic mass is 10.1. The SMILES string of the molecule is OCCN(CCO)c1ccc(C=Nc2ccc(/C=C/c3ccncc3)cc2)cc1. The molecule has 1 heterocycles. The summed E-state index contributed by atoms with van der Waals surface area (Å²) in [5.41, 5.74) is 5.07. The number of hydrogen-bond donors (Lipinski definition) is 2. The summed E-state index contributed by atoms with van der Waals surface area (Å²) in [7, 11) is 0. The molecule has 0 aliphatic rings. The number of benzene rings is 2. The average molecular weight is 387 g/mol. The van der Waals surface area contributed by atoms with E-state index in [-0.39, 0.29) is 13.2 Å². The van der Waals surface area contributed by atoms with Crippen LogP contribution in [0.5, 0.6) is 0 Å². The van der Waals surface area contributed by atoms with E-state index in [1.807, 2.05) is 71.8 Å². The number of rotatable bonds is 9. The number of aliphatic imine (C=N–C) groups is 1. The van der Waals surface area contributed by atoms with Gasteiger partial charge in [0.2, 0.25) is 0 Å². The summed E-state index contributed by atoms with van der Waals surface area (Å²) >= 11 is 0. The van der Waals surface area contributed by atoms with Crippen LogP contribution in [0.1, 0.15) is 16.7 Å². The molecule has 3 rings (SSSR count). The Morgan fingerprint density at radius 2 is 1.28 bits per heavy atom. The van der Waals surface area contributed by atoms with Crippen LogP contribution in [-0.2, 0) is 0 Å². The molecule has 0 atom stereocenters. The zero-order valence-corrected chi connectivity index (χ0v) is 16.2. The van der Waals surface area contributed by atoms with Crippen molar-refractivity contribution >= 4 is 29.7 Å². The van der Waals surface area contributed by atoms with E-state index in [1.54, 1.807) is 12.4 Å². The molecule has 0 aliphatic heterocycles. The van der Waals surface area contributed by atoms with Crippen LogP contribution in [0.25, 0.3) is 12.2 Å². The third kappa shape index (κ3) is 6.38. The van der Waals surface area contributed by atoms with E-state index in [4.69, 9.17) is 10.2 Å². The van der Waals surface area contributed by atoms with Gasteiger partial charge in [0.1, 0.15) is 0 Å².